The summed E-state index contributed by atoms with van der Waals surface area (Å²) in [7, 11) is 0. The summed E-state index contributed by atoms with van der Waals surface area (Å²) in [6.45, 7) is 7.33. The van der Waals surface area contributed by atoms with Crippen molar-refractivity contribution in [3.63, 3.8) is 0 Å². The molecule has 2 aromatic heterocycles. The molecule has 158 valence electrons. The third-order valence-electron chi connectivity index (χ3n) is 5.09. The van der Waals surface area contributed by atoms with Crippen LogP contribution >= 0.6 is 0 Å². The minimum Gasteiger partial charge on any atom is -0.393 e. The highest BCUT2D eigenvalue weighted by Gasteiger charge is 2.34. The molecule has 0 aromatic carbocycles. The molecule has 0 unspecified atom stereocenters. The van der Waals surface area contributed by atoms with E-state index in [4.69, 9.17) is 25.8 Å². The first-order valence-corrected chi connectivity index (χ1v) is 9.61. The van der Waals surface area contributed by atoms with Crippen LogP contribution in [0, 0.1) is 6.92 Å². The number of aliphatic hydroxyl groups is 1. The minimum atomic E-state index is -0.791. The van der Waals surface area contributed by atoms with Gasteiger partial charge in [-0.15, -0.1) is 0 Å². The second-order valence-electron chi connectivity index (χ2n) is 7.72. The normalized spacial score (nSPS) is 22.3. The smallest absolute Gasteiger partial charge is 0.247 e. The second-order valence-corrected chi connectivity index (χ2v) is 7.72. The van der Waals surface area contributed by atoms with Crippen molar-refractivity contribution in [1.82, 2.24) is 20.1 Å². The molecule has 0 amide bonds. The van der Waals surface area contributed by atoms with Gasteiger partial charge in [-0.3, -0.25) is 5.01 Å². The van der Waals surface area contributed by atoms with Crippen molar-refractivity contribution < 1.29 is 14.4 Å². The monoisotopic (exact) mass is 405 g/mol. The fraction of sp³-hybridized carbons (Fsp3) is 0.647. The molecule has 0 bridgehead atoms. The molecule has 29 heavy (non-hydrogen) atoms. The van der Waals surface area contributed by atoms with Crippen LogP contribution in [0.3, 0.4) is 0 Å². The average molecular weight is 405 g/mol. The Morgan fingerprint density at radius 2 is 1.93 bits per heavy atom. The standard InChI is InChI=1S/C17H27N9O3/c1-11-20-12(29-23-11)9-26(19)15-13(18)14(25-4-3-17(2,27)10-25)21-16(22-15)24-5-7-28-8-6-24/h27H,3-10,18-19H2,1-2H3/t17-/m0/s1. The zero-order valence-electron chi connectivity index (χ0n) is 16.7. The Bertz CT molecular complexity index is 866. The van der Waals surface area contributed by atoms with Gasteiger partial charge in [0.25, 0.3) is 0 Å². The first kappa shape index (κ1) is 19.6. The number of morpholine rings is 1. The summed E-state index contributed by atoms with van der Waals surface area (Å²) in [6, 6.07) is 0. The topological polar surface area (TPSA) is 156 Å². The van der Waals surface area contributed by atoms with Gasteiger partial charge in [-0.2, -0.15) is 15.0 Å². The number of rotatable bonds is 5. The maximum atomic E-state index is 10.4. The lowest BCUT2D eigenvalue weighted by Gasteiger charge is -2.30. The molecule has 0 saturated carbocycles. The highest BCUT2D eigenvalue weighted by molar-refractivity contribution is 5.77. The Kier molecular flexibility index (Phi) is 5.15. The predicted octanol–water partition coefficient (Wildman–Crippen LogP) is -0.572. The zero-order chi connectivity index (χ0) is 20.6. The van der Waals surface area contributed by atoms with Crippen LogP contribution in [0.25, 0.3) is 0 Å². The van der Waals surface area contributed by atoms with E-state index in [0.717, 1.165) is 0 Å². The number of aryl methyl sites for hydroxylation is 1. The van der Waals surface area contributed by atoms with Gasteiger partial charge in [0.2, 0.25) is 11.8 Å². The van der Waals surface area contributed by atoms with E-state index in [-0.39, 0.29) is 6.54 Å². The number of nitrogens with two attached hydrogens (primary N) is 2. The number of hydrogen-bond donors (Lipinski definition) is 3. The number of aromatic nitrogens is 4. The van der Waals surface area contributed by atoms with Crippen molar-refractivity contribution in [2.24, 2.45) is 5.84 Å². The van der Waals surface area contributed by atoms with E-state index < -0.39 is 5.60 Å². The number of nitrogens with zero attached hydrogens (tertiary/aromatic N) is 7. The quantitative estimate of drug-likeness (QED) is 0.430. The molecule has 0 aliphatic carbocycles. The fourth-order valence-electron chi connectivity index (χ4n) is 3.55. The third-order valence-corrected chi connectivity index (χ3v) is 5.09. The molecule has 4 rings (SSSR count). The lowest BCUT2D eigenvalue weighted by atomic mass is 10.1. The summed E-state index contributed by atoms with van der Waals surface area (Å²) in [5, 5.41) is 15.6. The number of hydrazine groups is 1. The van der Waals surface area contributed by atoms with Crippen molar-refractivity contribution >= 4 is 23.3 Å². The van der Waals surface area contributed by atoms with Crippen LogP contribution in [0.15, 0.2) is 4.52 Å². The summed E-state index contributed by atoms with van der Waals surface area (Å²) < 4.78 is 10.6. The Labute approximate surface area is 168 Å². The molecule has 12 heteroatoms. The molecule has 2 aliphatic heterocycles. The number of nitrogen functional groups attached to an aromatic ring is 1. The van der Waals surface area contributed by atoms with Gasteiger partial charge in [0.15, 0.2) is 17.5 Å². The lowest BCUT2D eigenvalue weighted by molar-refractivity contribution is 0.0839. The van der Waals surface area contributed by atoms with Crippen LogP contribution in [0.5, 0.6) is 0 Å². The predicted molar refractivity (Wildman–Crippen MR) is 106 cm³/mol. The van der Waals surface area contributed by atoms with E-state index in [1.807, 2.05) is 9.80 Å². The Morgan fingerprint density at radius 3 is 2.55 bits per heavy atom. The molecule has 12 nitrogen and oxygen atoms in total. The van der Waals surface area contributed by atoms with Gasteiger partial charge >= 0.3 is 0 Å². The highest BCUT2D eigenvalue weighted by Crippen LogP contribution is 2.35. The van der Waals surface area contributed by atoms with Gasteiger partial charge < -0.3 is 29.9 Å². The van der Waals surface area contributed by atoms with Gasteiger partial charge in [-0.25, -0.2) is 5.84 Å². The van der Waals surface area contributed by atoms with Crippen LogP contribution in [0.4, 0.5) is 23.3 Å². The Morgan fingerprint density at radius 1 is 1.17 bits per heavy atom. The first-order valence-electron chi connectivity index (χ1n) is 9.61. The molecule has 4 heterocycles. The van der Waals surface area contributed by atoms with Crippen LogP contribution in [0.2, 0.25) is 0 Å². The molecule has 2 fully saturated rings. The highest BCUT2D eigenvalue weighted by atomic mass is 16.5. The van der Waals surface area contributed by atoms with E-state index in [1.54, 1.807) is 13.8 Å². The van der Waals surface area contributed by atoms with Crippen molar-refractivity contribution in [2.75, 3.05) is 59.9 Å². The summed E-state index contributed by atoms with van der Waals surface area (Å²) in [5.41, 5.74) is 5.98. The molecular formula is C17H27N9O3. The van der Waals surface area contributed by atoms with Crippen molar-refractivity contribution in [2.45, 2.75) is 32.4 Å². The molecule has 2 saturated heterocycles. The first-order chi connectivity index (χ1) is 13.8. The second kappa shape index (κ2) is 7.61. The Balaban J connectivity index is 1.69. The number of anilines is 4. The summed E-state index contributed by atoms with van der Waals surface area (Å²) in [6.07, 6.45) is 0.631. The molecule has 0 spiro atoms. The SMILES string of the molecule is Cc1noc(CN(N)c2nc(N3CCOCC3)nc(N3CC[C@](C)(O)C3)c2N)n1. The average Bonchev–Trinajstić information content (AvgIpc) is 3.27. The maximum absolute atomic E-state index is 10.4. The fourth-order valence-corrected chi connectivity index (χ4v) is 3.55. The zero-order valence-corrected chi connectivity index (χ0v) is 16.7. The van der Waals surface area contributed by atoms with Gasteiger partial charge in [-0.1, -0.05) is 5.16 Å². The van der Waals surface area contributed by atoms with Crippen molar-refractivity contribution in [3.05, 3.63) is 11.7 Å². The van der Waals surface area contributed by atoms with E-state index in [1.165, 1.54) is 5.01 Å². The van der Waals surface area contributed by atoms with Crippen LogP contribution in [0.1, 0.15) is 25.1 Å². The van der Waals surface area contributed by atoms with E-state index in [2.05, 4.69) is 15.1 Å². The lowest BCUT2D eigenvalue weighted by Crippen LogP contribution is -2.39. The van der Waals surface area contributed by atoms with Crippen LogP contribution in [-0.2, 0) is 11.3 Å². The number of β-amino-alcohol motifs (C(OH)–C–C–N with tert-alkyl or cyclic N) is 1. The number of hydrogen-bond acceptors (Lipinski definition) is 12. The Hall–Kier alpha value is -2.70. The van der Waals surface area contributed by atoms with Crippen molar-refractivity contribution in [3.8, 4) is 0 Å². The molecule has 1 atom stereocenters. The minimum absolute atomic E-state index is 0.155. The van der Waals surface area contributed by atoms with Gasteiger partial charge in [-0.05, 0) is 20.3 Å². The van der Waals surface area contributed by atoms with E-state index in [0.29, 0.717) is 80.8 Å². The summed E-state index contributed by atoms with van der Waals surface area (Å²) in [5.74, 6) is 8.63. The van der Waals surface area contributed by atoms with E-state index in [9.17, 15) is 5.11 Å². The molecule has 0 radical (unpaired) electrons. The van der Waals surface area contributed by atoms with Gasteiger partial charge in [0, 0.05) is 26.2 Å². The maximum Gasteiger partial charge on any atom is 0.247 e. The third kappa shape index (κ3) is 4.18. The largest absolute Gasteiger partial charge is 0.393 e. The number of ether oxygens (including phenoxy) is 1. The molecule has 2 aromatic rings. The van der Waals surface area contributed by atoms with Crippen molar-refractivity contribution in [1.29, 1.82) is 0 Å². The molecule has 2 aliphatic rings. The summed E-state index contributed by atoms with van der Waals surface area (Å²) in [4.78, 5) is 17.5. The van der Waals surface area contributed by atoms with Crippen LogP contribution in [-0.4, -0.2) is 70.2 Å². The molecular weight excluding hydrogens is 378 g/mol. The van der Waals surface area contributed by atoms with Crippen LogP contribution < -0.4 is 26.4 Å². The van der Waals surface area contributed by atoms with E-state index >= 15 is 0 Å². The van der Waals surface area contributed by atoms with Gasteiger partial charge in [0.1, 0.15) is 12.2 Å². The summed E-state index contributed by atoms with van der Waals surface area (Å²) >= 11 is 0. The van der Waals surface area contributed by atoms with Gasteiger partial charge in [0.05, 0.1) is 18.8 Å². The molecule has 5 N–H and O–H groups in total.